The number of fused-ring (bicyclic) bond motifs is 1. The number of benzene rings is 2. The first-order valence-corrected chi connectivity index (χ1v) is 13.0. The van der Waals surface area contributed by atoms with Crippen molar-refractivity contribution in [3.8, 4) is 0 Å². The highest BCUT2D eigenvalue weighted by Crippen LogP contribution is 2.30. The fourth-order valence-corrected chi connectivity index (χ4v) is 4.49. The fourth-order valence-electron chi connectivity index (χ4n) is 3.22. The zero-order valence-corrected chi connectivity index (χ0v) is 20.3. The number of halogens is 4. The van der Waals surface area contributed by atoms with Crippen LogP contribution in [-0.2, 0) is 6.18 Å². The average Bonchev–Trinajstić information content (AvgIpc) is 3.24. The van der Waals surface area contributed by atoms with Crippen molar-refractivity contribution in [2.45, 2.75) is 13.1 Å². The summed E-state index contributed by atoms with van der Waals surface area (Å²) < 4.78 is 40.7. The summed E-state index contributed by atoms with van der Waals surface area (Å²) >= 11 is 2.10. The highest BCUT2D eigenvalue weighted by Gasteiger charge is 2.31. The number of nitrogens with zero attached hydrogens (tertiary/aromatic N) is 3. The summed E-state index contributed by atoms with van der Waals surface area (Å²) in [5.41, 5.74) is 1.18. The molecule has 7 nitrogen and oxygen atoms in total. The van der Waals surface area contributed by atoms with E-state index in [2.05, 4.69) is 41.8 Å². The molecule has 0 unspecified atom stereocenters. The second-order valence-electron chi connectivity index (χ2n) is 7.19. The van der Waals surface area contributed by atoms with Crippen molar-refractivity contribution in [1.29, 1.82) is 0 Å². The molecule has 0 aliphatic heterocycles. The quantitative estimate of drug-likeness (QED) is 0.271. The first-order chi connectivity index (χ1) is 16.2. The molecule has 174 valence electrons. The molecular weight excluding hydrogens is 582 g/mol. The summed E-state index contributed by atoms with van der Waals surface area (Å²) in [6.45, 7) is 1.77. The van der Waals surface area contributed by atoms with Gasteiger partial charge in [0.1, 0.15) is 12.0 Å². The zero-order valence-electron chi connectivity index (χ0n) is 17.4. The van der Waals surface area contributed by atoms with E-state index in [-0.39, 0.29) is 11.3 Å². The Bertz CT molecular complexity index is 1410. The van der Waals surface area contributed by atoms with Gasteiger partial charge >= 0.3 is 6.18 Å². The normalized spacial score (nSPS) is 11.4. The van der Waals surface area contributed by atoms with E-state index >= 15 is 0 Å². The molecule has 34 heavy (non-hydrogen) atoms. The van der Waals surface area contributed by atoms with Crippen LogP contribution in [-0.4, -0.2) is 25.8 Å². The summed E-state index contributed by atoms with van der Waals surface area (Å²) in [5, 5.41) is 5.93. The summed E-state index contributed by atoms with van der Waals surface area (Å²) in [7, 11) is 1.40. The summed E-state index contributed by atoms with van der Waals surface area (Å²) in [5.74, 6) is -1.17. The summed E-state index contributed by atoms with van der Waals surface area (Å²) in [4.78, 5) is 33.8. The third-order valence-electron chi connectivity index (χ3n) is 4.93. The van der Waals surface area contributed by atoms with Crippen LogP contribution in [0.1, 0.15) is 32.0 Å². The van der Waals surface area contributed by atoms with Gasteiger partial charge in [0.2, 0.25) is 0 Å². The van der Waals surface area contributed by atoms with Crippen molar-refractivity contribution in [3.05, 3.63) is 83.4 Å². The van der Waals surface area contributed by atoms with E-state index in [9.17, 15) is 22.8 Å². The second kappa shape index (κ2) is 9.62. The van der Waals surface area contributed by atoms with Gasteiger partial charge in [-0.2, -0.15) is 13.2 Å². The Balaban J connectivity index is 1.56. The number of carbonyl (C=O) groups excluding carboxylic acids is 2. The molecule has 4 rings (SSSR count). The van der Waals surface area contributed by atoms with Gasteiger partial charge in [0.05, 0.1) is 10.9 Å². The highest BCUT2D eigenvalue weighted by molar-refractivity contribution is 14.2. The highest BCUT2D eigenvalue weighted by atomic mass is 127. The smallest absolute Gasteiger partial charge is 0.322 e. The molecule has 0 aliphatic rings. The molecule has 2 aromatic heterocycles. The lowest BCUT2D eigenvalue weighted by Crippen LogP contribution is -2.16. The van der Waals surface area contributed by atoms with Crippen LogP contribution in [0, 0.1) is 6.92 Å². The molecule has 2 aromatic carbocycles. The van der Waals surface area contributed by atoms with Gasteiger partial charge in [-0.05, 0) is 48.9 Å². The zero-order chi connectivity index (χ0) is 24.5. The minimum atomic E-state index is -4.56. The predicted octanol–water partition coefficient (Wildman–Crippen LogP) is 6.11. The molecule has 2 amide bonds. The van der Waals surface area contributed by atoms with Gasteiger partial charge in [-0.3, -0.25) is 13.6 Å². The first kappa shape index (κ1) is 24.0. The van der Waals surface area contributed by atoms with Crippen LogP contribution in [0.2, 0.25) is 0 Å². The monoisotopic (exact) mass is 597 g/mol. The number of rotatable bonds is 5. The molecule has 2 heterocycles. The Hall–Kier alpha value is -3.13. The number of hydrogen-bond donors (Lipinski definition) is 2. The molecule has 0 saturated carbocycles. The number of anilines is 2. The number of aromatic nitrogens is 3. The molecular formula is C22H15F3IN5O2S. The van der Waals surface area contributed by atoms with Crippen molar-refractivity contribution >= 4 is 64.5 Å². The Morgan fingerprint density at radius 3 is 2.56 bits per heavy atom. The number of nitrogens with one attached hydrogen (secondary N) is 2. The Morgan fingerprint density at radius 1 is 1.03 bits per heavy atom. The van der Waals surface area contributed by atoms with Gasteiger partial charge in [-0.25, -0.2) is 9.97 Å². The minimum absolute atomic E-state index is 0.137. The summed E-state index contributed by atoms with van der Waals surface area (Å²) in [6, 6.07) is 10.7. The van der Waals surface area contributed by atoms with Gasteiger partial charge in [0.25, 0.3) is 11.8 Å². The molecule has 0 saturated heterocycles. The number of hydrogen-bond acceptors (Lipinski definition) is 5. The lowest BCUT2D eigenvalue weighted by atomic mass is 10.1. The van der Waals surface area contributed by atoms with E-state index in [1.54, 1.807) is 35.3 Å². The maximum Gasteiger partial charge on any atom is 0.416 e. The molecule has 0 fully saturated rings. The van der Waals surface area contributed by atoms with Crippen LogP contribution in [0.25, 0.3) is 11.0 Å². The fraction of sp³-hybridized carbons (Fsp3) is 0.0909. The lowest BCUT2D eigenvalue weighted by Gasteiger charge is -2.12. The number of aryl methyl sites for hydroxylation is 1. The molecule has 0 spiro atoms. The Morgan fingerprint density at radius 2 is 1.82 bits per heavy atom. The Kier molecular flexibility index (Phi) is 6.79. The third-order valence-corrected chi connectivity index (χ3v) is 6.65. The molecule has 0 aliphatic carbocycles. The van der Waals surface area contributed by atoms with Crippen LogP contribution >= 0.6 is 30.3 Å². The van der Waals surface area contributed by atoms with Crippen molar-refractivity contribution in [2.75, 3.05) is 10.6 Å². The molecule has 12 heteroatoms. The Labute approximate surface area is 207 Å². The van der Waals surface area contributed by atoms with E-state index in [0.717, 1.165) is 17.7 Å². The lowest BCUT2D eigenvalue weighted by molar-refractivity contribution is -0.137. The standard InChI is InChI=1S/C22H15F3IN5O2S/c1-12-5-6-15(29-20(32)13-3-2-4-14(9-13)22(23,24)25)10-17(12)30-21(33)18-16-7-8-31(34-26)19(16)28-11-27-18/h2-11H,1H3,(H,29,32)(H,30,33). The summed E-state index contributed by atoms with van der Waals surface area (Å²) in [6.07, 6.45) is -1.47. The topological polar surface area (TPSA) is 88.9 Å². The number of alkyl halides is 3. The average molecular weight is 597 g/mol. The number of carbonyl (C=O) groups is 2. The molecule has 4 aromatic rings. The largest absolute Gasteiger partial charge is 0.416 e. The van der Waals surface area contributed by atoms with Gasteiger partial charge in [-0.1, -0.05) is 12.1 Å². The van der Waals surface area contributed by atoms with Crippen molar-refractivity contribution in [2.24, 2.45) is 0 Å². The van der Waals surface area contributed by atoms with Crippen LogP contribution in [0.15, 0.2) is 61.1 Å². The molecule has 0 bridgehead atoms. The second-order valence-corrected chi connectivity index (χ2v) is 8.90. The minimum Gasteiger partial charge on any atom is -0.322 e. The van der Waals surface area contributed by atoms with E-state index < -0.39 is 23.6 Å². The third kappa shape index (κ3) is 5.01. The van der Waals surface area contributed by atoms with Crippen molar-refractivity contribution in [3.63, 3.8) is 0 Å². The number of amides is 2. The van der Waals surface area contributed by atoms with E-state index in [4.69, 9.17) is 0 Å². The van der Waals surface area contributed by atoms with Gasteiger partial charge in [0.15, 0.2) is 5.65 Å². The predicted molar refractivity (Wildman–Crippen MR) is 133 cm³/mol. The van der Waals surface area contributed by atoms with Crippen LogP contribution in [0.3, 0.4) is 0 Å². The van der Waals surface area contributed by atoms with Gasteiger partial charge in [0, 0.05) is 53.5 Å². The first-order valence-electron chi connectivity index (χ1n) is 9.69. The van der Waals surface area contributed by atoms with Gasteiger partial charge in [-0.15, -0.1) is 0 Å². The maximum absolute atomic E-state index is 13.0. The van der Waals surface area contributed by atoms with E-state index in [0.29, 0.717) is 22.4 Å². The van der Waals surface area contributed by atoms with Crippen LogP contribution in [0.5, 0.6) is 0 Å². The van der Waals surface area contributed by atoms with Crippen LogP contribution < -0.4 is 10.6 Å². The van der Waals surface area contributed by atoms with Crippen molar-refractivity contribution < 1.29 is 22.8 Å². The maximum atomic E-state index is 13.0. The molecule has 0 atom stereocenters. The van der Waals surface area contributed by atoms with Gasteiger partial charge < -0.3 is 10.6 Å². The SMILES string of the molecule is Cc1ccc(NC(=O)c2cccc(C(F)(F)F)c2)cc1NC(=O)c1ncnc2c1ccn2SI. The van der Waals surface area contributed by atoms with E-state index in [1.807, 2.05) is 0 Å². The molecule has 2 N–H and O–H groups in total. The van der Waals surface area contributed by atoms with Crippen molar-refractivity contribution in [1.82, 2.24) is 13.9 Å². The molecule has 0 radical (unpaired) electrons. The van der Waals surface area contributed by atoms with Crippen LogP contribution in [0.4, 0.5) is 24.5 Å². The van der Waals surface area contributed by atoms with E-state index in [1.165, 1.54) is 33.6 Å².